The number of para-hydroxylation sites is 1. The number of aromatic nitrogens is 1. The number of nitrogens with one attached hydrogen (secondary N) is 2. The SMILES string of the molecule is O=C(Nc1cccc(C(F)(F)F)c1)c1cncc(Nc2ccccc2F)c1. The summed E-state index contributed by atoms with van der Waals surface area (Å²) in [4.78, 5) is 16.2. The minimum atomic E-state index is -4.51. The summed E-state index contributed by atoms with van der Waals surface area (Å²) in [6.45, 7) is 0. The monoisotopic (exact) mass is 375 g/mol. The number of hydrogen-bond acceptors (Lipinski definition) is 3. The lowest BCUT2D eigenvalue weighted by atomic mass is 10.2. The zero-order chi connectivity index (χ0) is 19.4. The number of carbonyl (C=O) groups is 1. The Morgan fingerprint density at radius 1 is 0.926 bits per heavy atom. The molecule has 1 amide bonds. The first-order valence-corrected chi connectivity index (χ1v) is 7.78. The Balaban J connectivity index is 1.77. The minimum Gasteiger partial charge on any atom is -0.352 e. The van der Waals surface area contributed by atoms with Gasteiger partial charge in [0.25, 0.3) is 5.91 Å². The van der Waals surface area contributed by atoms with Crippen molar-refractivity contribution in [1.82, 2.24) is 4.98 Å². The van der Waals surface area contributed by atoms with Crippen LogP contribution in [0.3, 0.4) is 0 Å². The lowest BCUT2D eigenvalue weighted by molar-refractivity contribution is -0.137. The molecule has 1 heterocycles. The van der Waals surface area contributed by atoms with E-state index < -0.39 is 23.5 Å². The molecule has 27 heavy (non-hydrogen) atoms. The number of hydrogen-bond donors (Lipinski definition) is 2. The molecule has 138 valence electrons. The number of pyridine rings is 1. The topological polar surface area (TPSA) is 54.0 Å². The van der Waals surface area contributed by atoms with E-state index in [9.17, 15) is 22.4 Å². The van der Waals surface area contributed by atoms with Crippen molar-refractivity contribution in [3.8, 4) is 0 Å². The molecule has 0 bridgehead atoms. The van der Waals surface area contributed by atoms with Gasteiger partial charge in [-0.2, -0.15) is 13.2 Å². The average molecular weight is 375 g/mol. The first kappa shape index (κ1) is 18.4. The molecule has 0 fully saturated rings. The van der Waals surface area contributed by atoms with Crippen LogP contribution in [0.1, 0.15) is 15.9 Å². The summed E-state index contributed by atoms with van der Waals surface area (Å²) in [6, 6.07) is 11.7. The first-order chi connectivity index (χ1) is 12.8. The molecule has 0 saturated carbocycles. The number of amides is 1. The molecular weight excluding hydrogens is 362 g/mol. The third-order valence-corrected chi connectivity index (χ3v) is 3.60. The van der Waals surface area contributed by atoms with Gasteiger partial charge in [0.05, 0.1) is 28.7 Å². The Morgan fingerprint density at radius 3 is 2.44 bits per heavy atom. The van der Waals surface area contributed by atoms with Crippen LogP contribution in [-0.2, 0) is 6.18 Å². The first-order valence-electron chi connectivity index (χ1n) is 7.78. The van der Waals surface area contributed by atoms with E-state index in [1.54, 1.807) is 6.07 Å². The van der Waals surface area contributed by atoms with Crippen molar-refractivity contribution in [1.29, 1.82) is 0 Å². The van der Waals surface area contributed by atoms with E-state index in [1.165, 1.54) is 48.8 Å². The highest BCUT2D eigenvalue weighted by Gasteiger charge is 2.30. The normalized spacial score (nSPS) is 11.1. The summed E-state index contributed by atoms with van der Waals surface area (Å²) in [5, 5.41) is 5.19. The van der Waals surface area contributed by atoms with E-state index in [1.807, 2.05) is 0 Å². The molecule has 0 spiro atoms. The van der Waals surface area contributed by atoms with Crippen molar-refractivity contribution in [2.75, 3.05) is 10.6 Å². The number of anilines is 3. The number of nitrogens with zero attached hydrogens (tertiary/aromatic N) is 1. The summed E-state index contributed by atoms with van der Waals surface area (Å²) >= 11 is 0. The molecule has 4 nitrogen and oxygen atoms in total. The number of halogens is 4. The Kier molecular flexibility index (Phi) is 5.07. The molecule has 3 rings (SSSR count). The molecule has 2 N–H and O–H groups in total. The standard InChI is InChI=1S/C19H13F4N3O/c20-16-6-1-2-7-17(16)25-15-8-12(10-24-11-15)18(27)26-14-5-3-4-13(9-14)19(21,22)23/h1-11,25H,(H,26,27). The van der Waals surface area contributed by atoms with Gasteiger partial charge in [-0.3, -0.25) is 9.78 Å². The van der Waals surface area contributed by atoms with Crippen molar-refractivity contribution >= 4 is 23.0 Å². The Bertz CT molecular complexity index is 973. The van der Waals surface area contributed by atoms with Crippen LogP contribution >= 0.6 is 0 Å². The highest BCUT2D eigenvalue weighted by atomic mass is 19.4. The second kappa shape index (κ2) is 7.45. The Labute approximate surface area is 151 Å². The van der Waals surface area contributed by atoms with Crippen molar-refractivity contribution < 1.29 is 22.4 Å². The van der Waals surface area contributed by atoms with Gasteiger partial charge in [-0.05, 0) is 36.4 Å². The smallest absolute Gasteiger partial charge is 0.352 e. The molecule has 0 atom stereocenters. The van der Waals surface area contributed by atoms with Crippen LogP contribution in [0.5, 0.6) is 0 Å². The van der Waals surface area contributed by atoms with Crippen molar-refractivity contribution in [3.63, 3.8) is 0 Å². The van der Waals surface area contributed by atoms with Gasteiger partial charge in [0.1, 0.15) is 5.82 Å². The predicted octanol–water partition coefficient (Wildman–Crippen LogP) is 5.24. The molecule has 2 aromatic carbocycles. The summed E-state index contributed by atoms with van der Waals surface area (Å²) in [5.74, 6) is -1.12. The molecule has 0 unspecified atom stereocenters. The van der Waals surface area contributed by atoms with E-state index in [4.69, 9.17) is 0 Å². The van der Waals surface area contributed by atoms with Crippen LogP contribution in [0, 0.1) is 5.82 Å². The van der Waals surface area contributed by atoms with Gasteiger partial charge in [0, 0.05) is 11.9 Å². The molecular formula is C19H13F4N3O. The fraction of sp³-hybridized carbons (Fsp3) is 0.0526. The number of rotatable bonds is 4. The predicted molar refractivity (Wildman–Crippen MR) is 93.3 cm³/mol. The molecule has 0 aliphatic rings. The molecule has 3 aromatic rings. The number of alkyl halides is 3. The molecule has 0 radical (unpaired) electrons. The van der Waals surface area contributed by atoms with E-state index in [0.29, 0.717) is 5.69 Å². The largest absolute Gasteiger partial charge is 0.416 e. The van der Waals surface area contributed by atoms with E-state index in [2.05, 4.69) is 15.6 Å². The van der Waals surface area contributed by atoms with Gasteiger partial charge in [-0.25, -0.2) is 4.39 Å². The van der Waals surface area contributed by atoms with Crippen LogP contribution in [0.2, 0.25) is 0 Å². The van der Waals surface area contributed by atoms with E-state index in [-0.39, 0.29) is 16.9 Å². The zero-order valence-corrected chi connectivity index (χ0v) is 13.7. The fourth-order valence-electron chi connectivity index (χ4n) is 2.33. The van der Waals surface area contributed by atoms with Gasteiger partial charge in [0.15, 0.2) is 0 Å². The molecule has 1 aromatic heterocycles. The lowest BCUT2D eigenvalue weighted by Gasteiger charge is -2.11. The Morgan fingerprint density at radius 2 is 1.70 bits per heavy atom. The van der Waals surface area contributed by atoms with Gasteiger partial charge in [-0.15, -0.1) is 0 Å². The van der Waals surface area contributed by atoms with E-state index in [0.717, 1.165) is 12.1 Å². The second-order valence-corrected chi connectivity index (χ2v) is 5.60. The molecule has 8 heteroatoms. The van der Waals surface area contributed by atoms with Crippen molar-refractivity contribution in [2.24, 2.45) is 0 Å². The summed E-state index contributed by atoms with van der Waals surface area (Å²) in [6.07, 6.45) is -1.85. The van der Waals surface area contributed by atoms with Crippen LogP contribution in [0.4, 0.5) is 34.6 Å². The van der Waals surface area contributed by atoms with Gasteiger partial charge in [-0.1, -0.05) is 18.2 Å². The zero-order valence-electron chi connectivity index (χ0n) is 13.7. The maximum absolute atomic E-state index is 13.7. The van der Waals surface area contributed by atoms with Crippen molar-refractivity contribution in [3.05, 3.63) is 83.9 Å². The summed E-state index contributed by atoms with van der Waals surface area (Å²) < 4.78 is 52.0. The van der Waals surface area contributed by atoms with Crippen LogP contribution in [-0.4, -0.2) is 10.9 Å². The van der Waals surface area contributed by atoms with Gasteiger partial charge >= 0.3 is 6.18 Å². The van der Waals surface area contributed by atoms with Crippen LogP contribution in [0.25, 0.3) is 0 Å². The number of carbonyl (C=O) groups excluding carboxylic acids is 1. The second-order valence-electron chi connectivity index (χ2n) is 5.60. The highest BCUT2D eigenvalue weighted by molar-refractivity contribution is 6.04. The molecule has 0 aliphatic carbocycles. The quantitative estimate of drug-likeness (QED) is 0.614. The summed E-state index contributed by atoms with van der Waals surface area (Å²) in [7, 11) is 0. The maximum Gasteiger partial charge on any atom is 0.416 e. The van der Waals surface area contributed by atoms with Gasteiger partial charge in [0.2, 0.25) is 0 Å². The highest BCUT2D eigenvalue weighted by Crippen LogP contribution is 2.30. The average Bonchev–Trinajstić information content (AvgIpc) is 2.63. The van der Waals surface area contributed by atoms with Crippen LogP contribution < -0.4 is 10.6 Å². The molecule has 0 aliphatic heterocycles. The maximum atomic E-state index is 13.7. The summed E-state index contributed by atoms with van der Waals surface area (Å²) in [5.41, 5.74) is -0.198. The van der Waals surface area contributed by atoms with Crippen LogP contribution in [0.15, 0.2) is 67.0 Å². The Hall–Kier alpha value is -3.42. The van der Waals surface area contributed by atoms with Gasteiger partial charge < -0.3 is 10.6 Å². The fourth-order valence-corrected chi connectivity index (χ4v) is 2.33. The third kappa shape index (κ3) is 4.60. The third-order valence-electron chi connectivity index (χ3n) is 3.60. The number of benzene rings is 2. The molecule has 0 saturated heterocycles. The van der Waals surface area contributed by atoms with E-state index >= 15 is 0 Å². The lowest BCUT2D eigenvalue weighted by Crippen LogP contribution is -2.13. The minimum absolute atomic E-state index is 0.00212. The van der Waals surface area contributed by atoms with Crippen molar-refractivity contribution in [2.45, 2.75) is 6.18 Å².